The van der Waals surface area contributed by atoms with Crippen molar-refractivity contribution in [1.29, 1.82) is 0 Å². The number of hydrogen-bond donors (Lipinski definition) is 0. The van der Waals surface area contributed by atoms with Crippen LogP contribution < -0.4 is 0 Å². The molecule has 1 aliphatic carbocycles. The van der Waals surface area contributed by atoms with Crippen LogP contribution in [0.25, 0.3) is 0 Å². The molecule has 0 radical (unpaired) electrons. The van der Waals surface area contributed by atoms with Gasteiger partial charge in [-0.25, -0.2) is 12.2 Å². The molecule has 0 aromatic carbocycles. The second-order valence-electron chi connectivity index (χ2n) is 2.72. The van der Waals surface area contributed by atoms with Gasteiger partial charge < -0.3 is 4.57 Å². The van der Waals surface area contributed by atoms with Gasteiger partial charge in [0.05, 0.1) is 0 Å². The van der Waals surface area contributed by atoms with Crippen LogP contribution in [0.4, 0.5) is 0 Å². The van der Waals surface area contributed by atoms with E-state index in [9.17, 15) is 0 Å². The number of nitrogens with zero attached hydrogens (tertiary/aromatic N) is 1. The Morgan fingerprint density at radius 1 is 1.46 bits per heavy atom. The minimum atomic E-state index is 0. The molecule has 0 saturated carbocycles. The van der Waals surface area contributed by atoms with E-state index in [1.165, 1.54) is 5.56 Å². The second-order valence-corrected chi connectivity index (χ2v) is 2.72. The van der Waals surface area contributed by atoms with Crippen molar-refractivity contribution in [2.45, 2.75) is 13.3 Å². The zero-order chi connectivity index (χ0) is 8.81. The Kier molecular flexibility index (Phi) is 6.53. The van der Waals surface area contributed by atoms with Gasteiger partial charge in [-0.3, -0.25) is 6.08 Å². The van der Waals surface area contributed by atoms with Crippen molar-refractivity contribution in [2.75, 3.05) is 0 Å². The Morgan fingerprint density at radius 3 is 2.38 bits per heavy atom. The van der Waals surface area contributed by atoms with Crippen LogP contribution in [-0.4, -0.2) is 4.57 Å². The monoisotopic (exact) mass is 261 g/mol. The van der Waals surface area contributed by atoms with Crippen LogP contribution in [0, 0.1) is 19.2 Å². The van der Waals surface area contributed by atoms with Gasteiger partial charge in [-0.15, -0.1) is 18.8 Å². The first kappa shape index (κ1) is 12.4. The number of rotatable bonds is 0. The first-order chi connectivity index (χ1) is 5.79. The largest absolute Gasteiger partial charge is 2.00 e. The Morgan fingerprint density at radius 2 is 2.23 bits per heavy atom. The molecule has 0 unspecified atom stereocenters. The smallest absolute Gasteiger partial charge is 0.473 e. The van der Waals surface area contributed by atoms with Crippen molar-refractivity contribution in [3.05, 3.63) is 48.3 Å². The summed E-state index contributed by atoms with van der Waals surface area (Å²) in [6.45, 7) is 2.03. The van der Waals surface area contributed by atoms with Crippen LogP contribution in [0.2, 0.25) is 0 Å². The Balaban J connectivity index is 0.000000215. The summed E-state index contributed by atoms with van der Waals surface area (Å²) in [7, 11) is 1.97. The SMILES string of the molecule is Cc1[c-]n(C)cc1.[C-]1=CC=CC1.[Ru+2]. The third kappa shape index (κ3) is 5.60. The van der Waals surface area contributed by atoms with Gasteiger partial charge in [-0.05, 0) is 7.05 Å². The predicted molar refractivity (Wildman–Crippen MR) is 50.6 cm³/mol. The van der Waals surface area contributed by atoms with E-state index in [1.54, 1.807) is 0 Å². The normalized spacial score (nSPS) is 11.8. The number of aryl methyl sites for hydroxylation is 2. The van der Waals surface area contributed by atoms with Crippen molar-refractivity contribution in [2.24, 2.45) is 7.05 Å². The molecule has 0 atom stereocenters. The molecular formula is C11H13NRu. The number of hydrogen-bond acceptors (Lipinski definition) is 0. The summed E-state index contributed by atoms with van der Waals surface area (Å²) in [5.41, 5.74) is 1.20. The van der Waals surface area contributed by atoms with Gasteiger partial charge in [-0.2, -0.15) is 17.7 Å². The molecule has 0 bridgehead atoms. The zero-order valence-electron chi connectivity index (χ0n) is 7.89. The summed E-state index contributed by atoms with van der Waals surface area (Å²) in [6, 6.07) is 2.03. The van der Waals surface area contributed by atoms with Gasteiger partial charge in [-0.1, -0.05) is 6.92 Å². The average molecular weight is 260 g/mol. The summed E-state index contributed by atoms with van der Waals surface area (Å²) < 4.78 is 1.91. The maximum Gasteiger partial charge on any atom is 2.00 e. The molecule has 0 fully saturated rings. The van der Waals surface area contributed by atoms with E-state index in [-0.39, 0.29) is 19.5 Å². The van der Waals surface area contributed by atoms with E-state index in [0.717, 1.165) is 6.42 Å². The second kappa shape index (κ2) is 6.85. The van der Waals surface area contributed by atoms with Crippen LogP contribution >= 0.6 is 0 Å². The summed E-state index contributed by atoms with van der Waals surface area (Å²) in [4.78, 5) is 0. The average Bonchev–Trinajstić information content (AvgIpc) is 2.63. The minimum Gasteiger partial charge on any atom is -0.473 e. The molecule has 0 spiro atoms. The molecule has 1 aromatic heterocycles. The van der Waals surface area contributed by atoms with Crippen molar-refractivity contribution in [3.8, 4) is 0 Å². The molecular weight excluding hydrogens is 247 g/mol. The minimum absolute atomic E-state index is 0. The third-order valence-electron chi connectivity index (χ3n) is 1.49. The van der Waals surface area contributed by atoms with Gasteiger partial charge in [0.1, 0.15) is 0 Å². The summed E-state index contributed by atoms with van der Waals surface area (Å²) in [5, 5.41) is 0. The third-order valence-corrected chi connectivity index (χ3v) is 1.49. The molecule has 0 amide bonds. The van der Waals surface area contributed by atoms with Crippen molar-refractivity contribution in [1.82, 2.24) is 4.57 Å². The fourth-order valence-corrected chi connectivity index (χ4v) is 0.917. The fraction of sp³-hybridized carbons (Fsp3) is 0.273. The van der Waals surface area contributed by atoms with E-state index >= 15 is 0 Å². The van der Waals surface area contributed by atoms with Crippen LogP contribution in [0.5, 0.6) is 0 Å². The molecule has 70 valence electrons. The maximum atomic E-state index is 3.06. The summed E-state index contributed by atoms with van der Waals surface area (Å²) in [6.07, 6.45) is 15.0. The Labute approximate surface area is 92.9 Å². The van der Waals surface area contributed by atoms with Crippen molar-refractivity contribution in [3.63, 3.8) is 0 Å². The molecule has 0 N–H and O–H groups in total. The topological polar surface area (TPSA) is 4.93 Å². The van der Waals surface area contributed by atoms with E-state index < -0.39 is 0 Å². The Hall–Kier alpha value is -0.617. The van der Waals surface area contributed by atoms with Gasteiger partial charge in [0, 0.05) is 0 Å². The van der Waals surface area contributed by atoms with Crippen LogP contribution in [-0.2, 0) is 26.5 Å². The quantitative estimate of drug-likeness (QED) is 0.499. The first-order valence-electron chi connectivity index (χ1n) is 4.02. The van der Waals surface area contributed by atoms with E-state index in [1.807, 2.05) is 43.0 Å². The van der Waals surface area contributed by atoms with Crippen LogP contribution in [0.15, 0.2) is 30.5 Å². The molecule has 1 nitrogen and oxygen atoms in total. The van der Waals surface area contributed by atoms with Crippen molar-refractivity contribution < 1.29 is 19.5 Å². The molecule has 1 heterocycles. The molecule has 1 aliphatic rings. The van der Waals surface area contributed by atoms with Gasteiger partial charge in [0.2, 0.25) is 0 Å². The van der Waals surface area contributed by atoms with Gasteiger partial charge in [0.25, 0.3) is 0 Å². The summed E-state index contributed by atoms with van der Waals surface area (Å²) in [5.74, 6) is 0. The first-order valence-corrected chi connectivity index (χ1v) is 4.02. The van der Waals surface area contributed by atoms with Crippen molar-refractivity contribution >= 4 is 0 Å². The molecule has 2 rings (SSSR count). The molecule has 2 heteroatoms. The number of allylic oxidation sites excluding steroid dienone is 4. The standard InChI is InChI=1S/C6H8N.C5H5.Ru/c1-6-3-4-7(2)5-6;1-2-4-5-3-1;/h3-4H,1-2H3;1-3H,4H2;/q2*-1;+2. The van der Waals surface area contributed by atoms with E-state index in [4.69, 9.17) is 0 Å². The van der Waals surface area contributed by atoms with Gasteiger partial charge >= 0.3 is 19.5 Å². The number of aromatic nitrogens is 1. The Bertz CT molecular complexity index is 258. The molecule has 0 aliphatic heterocycles. The van der Waals surface area contributed by atoms with Crippen LogP contribution in [0.3, 0.4) is 0 Å². The fourth-order valence-electron chi connectivity index (χ4n) is 0.917. The maximum absolute atomic E-state index is 3.06. The summed E-state index contributed by atoms with van der Waals surface area (Å²) >= 11 is 0. The molecule has 1 aromatic rings. The van der Waals surface area contributed by atoms with E-state index in [2.05, 4.69) is 18.3 Å². The zero-order valence-corrected chi connectivity index (χ0v) is 9.63. The predicted octanol–water partition coefficient (Wildman–Crippen LogP) is 2.44. The van der Waals surface area contributed by atoms with Crippen LogP contribution in [0.1, 0.15) is 12.0 Å². The van der Waals surface area contributed by atoms with E-state index in [0.29, 0.717) is 0 Å². The molecule has 0 saturated heterocycles. The molecule has 13 heavy (non-hydrogen) atoms. The van der Waals surface area contributed by atoms with Gasteiger partial charge in [0.15, 0.2) is 0 Å².